The molecule has 1 aromatic carbocycles. The van der Waals surface area contributed by atoms with Gasteiger partial charge in [-0.25, -0.2) is 4.98 Å². The fourth-order valence-corrected chi connectivity index (χ4v) is 4.07. The van der Waals surface area contributed by atoms with Gasteiger partial charge in [-0.1, -0.05) is 25.5 Å². The van der Waals surface area contributed by atoms with Crippen molar-refractivity contribution in [3.63, 3.8) is 0 Å². The molecule has 0 spiro atoms. The second-order valence-electron chi connectivity index (χ2n) is 6.75. The maximum absolute atomic E-state index is 12.5. The smallest absolute Gasteiger partial charge is 0.263 e. The number of hydrogen-bond donors (Lipinski definition) is 2. The normalized spacial score (nSPS) is 14.1. The van der Waals surface area contributed by atoms with Crippen LogP contribution in [0.4, 0.5) is 5.69 Å². The zero-order valence-corrected chi connectivity index (χ0v) is 16.7. The molecule has 0 saturated carbocycles. The predicted octanol–water partition coefficient (Wildman–Crippen LogP) is 2.66. The Morgan fingerprint density at radius 3 is 2.81 bits per heavy atom. The molecule has 0 radical (unpaired) electrons. The van der Waals surface area contributed by atoms with Gasteiger partial charge in [0.05, 0.1) is 17.2 Å². The first-order chi connectivity index (χ1) is 13.1. The summed E-state index contributed by atoms with van der Waals surface area (Å²) in [5.41, 5.74) is 2.86. The number of rotatable bonds is 7. The minimum atomic E-state index is -0.0653. The second kappa shape index (κ2) is 8.99. The molecule has 2 heterocycles. The molecule has 2 N–H and O–H groups in total. The molecule has 7 heteroatoms. The summed E-state index contributed by atoms with van der Waals surface area (Å²) in [4.78, 5) is 31.3. The fourth-order valence-electron chi connectivity index (χ4n) is 3.04. The van der Waals surface area contributed by atoms with Crippen LogP contribution in [0.1, 0.15) is 45.7 Å². The summed E-state index contributed by atoms with van der Waals surface area (Å²) < 4.78 is 0. The molecule has 1 saturated heterocycles. The van der Waals surface area contributed by atoms with Crippen LogP contribution >= 0.6 is 11.3 Å². The van der Waals surface area contributed by atoms with E-state index < -0.39 is 0 Å². The van der Waals surface area contributed by atoms with Crippen molar-refractivity contribution >= 4 is 28.8 Å². The number of carbonyl (C=O) groups excluding carboxylic acids is 2. The number of nitrogens with zero attached hydrogens (tertiary/aromatic N) is 2. The average Bonchev–Trinajstić information content (AvgIpc) is 3.05. The van der Waals surface area contributed by atoms with Gasteiger partial charge in [0.1, 0.15) is 4.88 Å². The van der Waals surface area contributed by atoms with Gasteiger partial charge >= 0.3 is 0 Å². The monoisotopic (exact) mass is 386 g/mol. The summed E-state index contributed by atoms with van der Waals surface area (Å²) in [5.74, 6) is -0.0136. The number of nitrogens with one attached hydrogen (secondary N) is 2. The van der Waals surface area contributed by atoms with E-state index in [1.54, 1.807) is 0 Å². The minimum absolute atomic E-state index is 0.0517. The molecule has 1 aliphatic heterocycles. The Labute approximate surface area is 164 Å². The van der Waals surface area contributed by atoms with Crippen LogP contribution in [0.25, 0.3) is 0 Å². The van der Waals surface area contributed by atoms with Gasteiger partial charge in [0.15, 0.2) is 0 Å². The summed E-state index contributed by atoms with van der Waals surface area (Å²) in [6.07, 6.45) is 3.16. The lowest BCUT2D eigenvalue weighted by Crippen LogP contribution is -2.47. The molecular formula is C20H26N4O2S. The minimum Gasteiger partial charge on any atom is -0.360 e. The van der Waals surface area contributed by atoms with Gasteiger partial charge in [-0.2, -0.15) is 0 Å². The largest absolute Gasteiger partial charge is 0.360 e. The van der Waals surface area contributed by atoms with E-state index >= 15 is 0 Å². The SMILES string of the molecule is CCCCc1nc(C)c(C(=O)NCc2ccc(N3CCNC(=O)C3)cc2)s1. The van der Waals surface area contributed by atoms with Crippen molar-refractivity contribution in [2.75, 3.05) is 24.5 Å². The van der Waals surface area contributed by atoms with Gasteiger partial charge in [-0.05, 0) is 37.5 Å². The van der Waals surface area contributed by atoms with Crippen molar-refractivity contribution in [2.24, 2.45) is 0 Å². The first-order valence-electron chi connectivity index (χ1n) is 9.42. The highest BCUT2D eigenvalue weighted by Crippen LogP contribution is 2.20. The fraction of sp³-hybridized carbons (Fsp3) is 0.450. The van der Waals surface area contributed by atoms with Crippen molar-refractivity contribution in [1.82, 2.24) is 15.6 Å². The Bertz CT molecular complexity index is 801. The van der Waals surface area contributed by atoms with Crippen molar-refractivity contribution in [1.29, 1.82) is 0 Å². The van der Waals surface area contributed by atoms with Crippen LogP contribution in [0.2, 0.25) is 0 Å². The van der Waals surface area contributed by atoms with Gasteiger partial charge in [-0.15, -0.1) is 11.3 Å². The lowest BCUT2D eigenvalue weighted by atomic mass is 10.2. The molecule has 0 aliphatic carbocycles. The summed E-state index contributed by atoms with van der Waals surface area (Å²) in [5, 5.41) is 6.85. The summed E-state index contributed by atoms with van der Waals surface area (Å²) in [6, 6.07) is 7.99. The number of hydrogen-bond acceptors (Lipinski definition) is 5. The zero-order valence-electron chi connectivity index (χ0n) is 15.9. The Morgan fingerprint density at radius 2 is 2.11 bits per heavy atom. The number of amides is 2. The van der Waals surface area contributed by atoms with Crippen molar-refractivity contribution in [3.05, 3.63) is 45.4 Å². The molecule has 144 valence electrons. The highest BCUT2D eigenvalue weighted by atomic mass is 32.1. The van der Waals surface area contributed by atoms with Crippen LogP contribution < -0.4 is 15.5 Å². The highest BCUT2D eigenvalue weighted by molar-refractivity contribution is 7.13. The van der Waals surface area contributed by atoms with E-state index in [0.29, 0.717) is 24.5 Å². The molecule has 6 nitrogen and oxygen atoms in total. The van der Waals surface area contributed by atoms with Crippen LogP contribution in [0, 0.1) is 6.92 Å². The van der Waals surface area contributed by atoms with Crippen LogP contribution in [0.3, 0.4) is 0 Å². The van der Waals surface area contributed by atoms with Gasteiger partial charge in [0.25, 0.3) is 5.91 Å². The summed E-state index contributed by atoms with van der Waals surface area (Å²) in [7, 11) is 0. The van der Waals surface area contributed by atoms with Crippen molar-refractivity contribution < 1.29 is 9.59 Å². The maximum atomic E-state index is 12.5. The van der Waals surface area contributed by atoms with E-state index in [1.165, 1.54) is 11.3 Å². The number of thiazole rings is 1. The van der Waals surface area contributed by atoms with Crippen LogP contribution in [0.5, 0.6) is 0 Å². The molecule has 1 aliphatic rings. The molecule has 1 fully saturated rings. The molecule has 0 atom stereocenters. The first-order valence-corrected chi connectivity index (χ1v) is 10.2. The quantitative estimate of drug-likeness (QED) is 0.767. The molecule has 2 aromatic rings. The third kappa shape index (κ3) is 5.07. The van der Waals surface area contributed by atoms with E-state index in [1.807, 2.05) is 31.2 Å². The maximum Gasteiger partial charge on any atom is 0.263 e. The highest BCUT2D eigenvalue weighted by Gasteiger charge is 2.17. The molecule has 0 bridgehead atoms. The van der Waals surface area contributed by atoms with Crippen molar-refractivity contribution in [2.45, 2.75) is 39.7 Å². The van der Waals surface area contributed by atoms with Gasteiger partial charge in [-0.3, -0.25) is 9.59 Å². The summed E-state index contributed by atoms with van der Waals surface area (Å²) >= 11 is 1.50. The number of piperazine rings is 1. The topological polar surface area (TPSA) is 74.3 Å². The van der Waals surface area contributed by atoms with E-state index in [4.69, 9.17) is 0 Å². The second-order valence-corrected chi connectivity index (χ2v) is 7.83. The number of anilines is 1. The lowest BCUT2D eigenvalue weighted by Gasteiger charge is -2.28. The number of unbranched alkanes of at least 4 members (excludes halogenated alkanes) is 1. The Morgan fingerprint density at radius 1 is 1.33 bits per heavy atom. The first kappa shape index (κ1) is 19.4. The van der Waals surface area contributed by atoms with Gasteiger partial charge < -0.3 is 15.5 Å². The van der Waals surface area contributed by atoms with E-state index in [2.05, 4.69) is 27.4 Å². The number of aromatic nitrogens is 1. The van der Waals surface area contributed by atoms with Gasteiger partial charge in [0.2, 0.25) is 5.91 Å². The third-order valence-corrected chi connectivity index (χ3v) is 5.80. The van der Waals surface area contributed by atoms with Crippen LogP contribution in [0.15, 0.2) is 24.3 Å². The Balaban J connectivity index is 1.56. The molecule has 0 unspecified atom stereocenters. The molecular weight excluding hydrogens is 360 g/mol. The summed E-state index contributed by atoms with van der Waals surface area (Å²) in [6.45, 7) is 6.39. The number of benzene rings is 1. The molecule has 2 amide bonds. The van der Waals surface area contributed by atoms with E-state index in [9.17, 15) is 9.59 Å². The van der Waals surface area contributed by atoms with E-state index in [-0.39, 0.29) is 11.8 Å². The van der Waals surface area contributed by atoms with Crippen LogP contribution in [-0.4, -0.2) is 36.4 Å². The van der Waals surface area contributed by atoms with Crippen LogP contribution in [-0.2, 0) is 17.8 Å². The standard InChI is InChI=1S/C20H26N4O2S/c1-3-4-5-18-23-14(2)19(27-18)20(26)22-12-15-6-8-16(9-7-15)24-11-10-21-17(25)13-24/h6-9H,3-5,10-13H2,1-2H3,(H,21,25)(H,22,26). The Hall–Kier alpha value is -2.41. The molecule has 1 aromatic heterocycles. The lowest BCUT2D eigenvalue weighted by molar-refractivity contribution is -0.120. The molecule has 3 rings (SSSR count). The third-order valence-electron chi connectivity index (χ3n) is 4.58. The average molecular weight is 387 g/mol. The molecule has 27 heavy (non-hydrogen) atoms. The van der Waals surface area contributed by atoms with Crippen molar-refractivity contribution in [3.8, 4) is 0 Å². The number of carbonyl (C=O) groups is 2. The predicted molar refractivity (Wildman–Crippen MR) is 108 cm³/mol. The zero-order chi connectivity index (χ0) is 19.2. The Kier molecular flexibility index (Phi) is 6.45. The van der Waals surface area contributed by atoms with Gasteiger partial charge in [0, 0.05) is 25.3 Å². The number of aryl methyl sites for hydroxylation is 2. The van der Waals surface area contributed by atoms with E-state index in [0.717, 1.165) is 47.8 Å².